The van der Waals surface area contributed by atoms with Crippen LogP contribution < -0.4 is 0 Å². The fourth-order valence-corrected chi connectivity index (χ4v) is 0.903. The molecule has 1 rings (SSSR count). The molecular formula is C10H4F2N2. The van der Waals surface area contributed by atoms with Gasteiger partial charge < -0.3 is 0 Å². The first-order valence-electron chi connectivity index (χ1n) is 3.64. The van der Waals surface area contributed by atoms with Crippen LogP contribution in [0.5, 0.6) is 0 Å². The molecule has 0 radical (unpaired) electrons. The molecule has 0 saturated heterocycles. The van der Waals surface area contributed by atoms with Crippen molar-refractivity contribution in [3.05, 3.63) is 41.0 Å². The number of halogens is 2. The topological polar surface area (TPSA) is 47.6 Å². The third kappa shape index (κ3) is 1.94. The van der Waals surface area contributed by atoms with Gasteiger partial charge >= 0.3 is 0 Å². The summed E-state index contributed by atoms with van der Waals surface area (Å²) in [7, 11) is 0. The maximum Gasteiger partial charge on any atom is 0.141 e. The van der Waals surface area contributed by atoms with Crippen LogP contribution in [0, 0.1) is 34.3 Å². The lowest BCUT2D eigenvalue weighted by Gasteiger charge is -1.98. The molecule has 0 fully saturated rings. The van der Waals surface area contributed by atoms with Crippen molar-refractivity contribution in [2.45, 2.75) is 0 Å². The van der Waals surface area contributed by atoms with Crippen molar-refractivity contribution in [2.24, 2.45) is 0 Å². The summed E-state index contributed by atoms with van der Waals surface area (Å²) in [6.45, 7) is 0. The van der Waals surface area contributed by atoms with Crippen LogP contribution >= 0.6 is 0 Å². The highest BCUT2D eigenvalue weighted by Gasteiger charge is 2.06. The summed E-state index contributed by atoms with van der Waals surface area (Å²) in [4.78, 5) is 0. The summed E-state index contributed by atoms with van der Waals surface area (Å²) < 4.78 is 26.0. The van der Waals surface area contributed by atoms with Gasteiger partial charge in [-0.25, -0.2) is 8.78 Å². The molecule has 0 atom stereocenters. The van der Waals surface area contributed by atoms with Crippen molar-refractivity contribution < 1.29 is 8.78 Å². The van der Waals surface area contributed by atoms with E-state index >= 15 is 0 Å². The molecule has 2 nitrogen and oxygen atoms in total. The zero-order valence-electron chi connectivity index (χ0n) is 6.96. The third-order valence-electron chi connectivity index (χ3n) is 1.54. The molecule has 0 aliphatic heterocycles. The molecule has 0 aliphatic carbocycles. The predicted molar refractivity (Wildman–Crippen MR) is 45.7 cm³/mol. The lowest BCUT2D eigenvalue weighted by atomic mass is 10.1. The lowest BCUT2D eigenvalue weighted by molar-refractivity contribution is 0.595. The Balaban J connectivity index is 3.25. The molecule has 1 aromatic rings. The number of benzene rings is 1. The van der Waals surface area contributed by atoms with Crippen LogP contribution in [-0.2, 0) is 0 Å². The van der Waals surface area contributed by atoms with Gasteiger partial charge in [-0.15, -0.1) is 0 Å². The van der Waals surface area contributed by atoms with E-state index < -0.39 is 11.6 Å². The minimum Gasteiger partial charge on any atom is -0.206 e. The van der Waals surface area contributed by atoms with Crippen LogP contribution in [0.4, 0.5) is 8.78 Å². The number of rotatable bonds is 1. The Morgan fingerprint density at radius 3 is 2.43 bits per heavy atom. The van der Waals surface area contributed by atoms with Gasteiger partial charge in [-0.1, -0.05) is 0 Å². The fourth-order valence-electron chi connectivity index (χ4n) is 0.903. The Hall–Kier alpha value is -2.20. The van der Waals surface area contributed by atoms with Crippen LogP contribution in [0.2, 0.25) is 0 Å². The van der Waals surface area contributed by atoms with Gasteiger partial charge in [-0.3, -0.25) is 0 Å². The normalized spacial score (nSPS) is 9.71. The molecule has 0 aromatic heterocycles. The molecule has 0 aliphatic rings. The predicted octanol–water partition coefficient (Wildman–Crippen LogP) is 2.37. The van der Waals surface area contributed by atoms with Gasteiger partial charge in [0.1, 0.15) is 17.7 Å². The Kier molecular flexibility index (Phi) is 2.93. The number of hydrogen-bond donors (Lipinski definition) is 0. The van der Waals surface area contributed by atoms with Gasteiger partial charge in [0.05, 0.1) is 11.6 Å². The van der Waals surface area contributed by atoms with Gasteiger partial charge in [0.25, 0.3) is 0 Å². The standard InChI is InChI=1S/C10H4F2N2/c11-9-5-8(6-14)10(12)4-7(9)2-1-3-13/h1-2,4-5H. The average molecular weight is 190 g/mol. The minimum absolute atomic E-state index is 0.0527. The number of nitriles is 2. The Bertz CT molecular complexity index is 464. The molecule has 0 heterocycles. The molecule has 0 amide bonds. The van der Waals surface area contributed by atoms with Crippen molar-refractivity contribution in [3.63, 3.8) is 0 Å². The third-order valence-corrected chi connectivity index (χ3v) is 1.54. The Labute approximate surface area is 79.3 Å². The number of hydrogen-bond acceptors (Lipinski definition) is 2. The van der Waals surface area contributed by atoms with E-state index in [4.69, 9.17) is 10.5 Å². The van der Waals surface area contributed by atoms with E-state index in [1.807, 2.05) is 0 Å². The maximum absolute atomic E-state index is 13.1. The average Bonchev–Trinajstić information content (AvgIpc) is 2.18. The Morgan fingerprint density at radius 2 is 1.86 bits per heavy atom. The van der Waals surface area contributed by atoms with E-state index in [2.05, 4.69) is 0 Å². The van der Waals surface area contributed by atoms with E-state index in [1.54, 1.807) is 6.07 Å². The first-order chi connectivity index (χ1) is 6.69. The van der Waals surface area contributed by atoms with Gasteiger partial charge in [-0.05, 0) is 18.2 Å². The van der Waals surface area contributed by atoms with Crippen molar-refractivity contribution in [3.8, 4) is 12.1 Å². The van der Waals surface area contributed by atoms with Crippen LogP contribution in [0.1, 0.15) is 11.1 Å². The van der Waals surface area contributed by atoms with E-state index in [0.29, 0.717) is 0 Å². The summed E-state index contributed by atoms with van der Waals surface area (Å²) in [6, 6.07) is 4.85. The zero-order chi connectivity index (χ0) is 10.6. The summed E-state index contributed by atoms with van der Waals surface area (Å²) in [5.74, 6) is -1.53. The van der Waals surface area contributed by atoms with Gasteiger partial charge in [-0.2, -0.15) is 10.5 Å². The molecule has 4 heteroatoms. The summed E-state index contributed by atoms with van der Waals surface area (Å²) in [5, 5.41) is 16.6. The van der Waals surface area contributed by atoms with Crippen LogP contribution in [0.25, 0.3) is 6.08 Å². The maximum atomic E-state index is 13.1. The van der Waals surface area contributed by atoms with E-state index in [9.17, 15) is 8.78 Å². The minimum atomic E-state index is -0.800. The highest BCUT2D eigenvalue weighted by Crippen LogP contribution is 2.15. The molecule has 14 heavy (non-hydrogen) atoms. The molecule has 0 unspecified atom stereocenters. The van der Waals surface area contributed by atoms with Crippen molar-refractivity contribution >= 4 is 6.08 Å². The van der Waals surface area contributed by atoms with E-state index in [0.717, 1.165) is 24.3 Å². The molecule has 0 bridgehead atoms. The lowest BCUT2D eigenvalue weighted by Crippen LogP contribution is -1.89. The monoisotopic (exact) mass is 190 g/mol. The van der Waals surface area contributed by atoms with Crippen molar-refractivity contribution in [2.75, 3.05) is 0 Å². The molecule has 0 saturated carbocycles. The molecule has 0 N–H and O–H groups in total. The summed E-state index contributed by atoms with van der Waals surface area (Å²) in [5.41, 5.74) is -0.403. The molecule has 0 spiro atoms. The fraction of sp³-hybridized carbons (Fsp3) is 0. The van der Waals surface area contributed by atoms with Crippen LogP contribution in [0.15, 0.2) is 18.2 Å². The number of nitrogens with zero attached hydrogens (tertiary/aromatic N) is 2. The highest BCUT2D eigenvalue weighted by molar-refractivity contribution is 5.54. The molecule has 1 aromatic carbocycles. The summed E-state index contributed by atoms with van der Waals surface area (Å²) >= 11 is 0. The first-order valence-corrected chi connectivity index (χ1v) is 3.64. The second-order valence-electron chi connectivity index (χ2n) is 2.43. The zero-order valence-corrected chi connectivity index (χ0v) is 6.96. The molecular weight excluding hydrogens is 186 g/mol. The van der Waals surface area contributed by atoms with Gasteiger partial charge in [0, 0.05) is 11.6 Å². The first kappa shape index (κ1) is 9.88. The van der Waals surface area contributed by atoms with Crippen molar-refractivity contribution in [1.29, 1.82) is 10.5 Å². The largest absolute Gasteiger partial charge is 0.206 e. The number of allylic oxidation sites excluding steroid dienone is 1. The van der Waals surface area contributed by atoms with Gasteiger partial charge in [0.2, 0.25) is 0 Å². The Morgan fingerprint density at radius 1 is 1.14 bits per heavy atom. The van der Waals surface area contributed by atoms with E-state index in [-0.39, 0.29) is 11.1 Å². The smallest absolute Gasteiger partial charge is 0.141 e. The highest BCUT2D eigenvalue weighted by atomic mass is 19.1. The second-order valence-corrected chi connectivity index (χ2v) is 2.43. The molecule has 68 valence electrons. The SMILES string of the molecule is N#CC=Cc1cc(F)c(C#N)cc1F. The van der Waals surface area contributed by atoms with E-state index in [1.165, 1.54) is 6.07 Å². The van der Waals surface area contributed by atoms with Gasteiger partial charge in [0.15, 0.2) is 0 Å². The second kappa shape index (κ2) is 4.15. The van der Waals surface area contributed by atoms with Crippen LogP contribution in [0.3, 0.4) is 0 Å². The van der Waals surface area contributed by atoms with Crippen LogP contribution in [-0.4, -0.2) is 0 Å². The van der Waals surface area contributed by atoms with Crippen molar-refractivity contribution in [1.82, 2.24) is 0 Å². The summed E-state index contributed by atoms with van der Waals surface area (Å²) in [6.07, 6.45) is 2.17. The quantitative estimate of drug-likeness (QED) is 0.638.